The molecule has 0 unspecified atom stereocenters. The fourth-order valence-electron chi connectivity index (χ4n) is 2.39. The number of benzene rings is 2. The van der Waals surface area contributed by atoms with E-state index in [9.17, 15) is 38.7 Å². The third kappa shape index (κ3) is 2.64. The summed E-state index contributed by atoms with van der Waals surface area (Å²) in [7, 11) is -4.92. The number of hydrogen-bond donors (Lipinski definition) is 5. The largest absolute Gasteiger partial charge is 0.867 e. The smallest absolute Gasteiger partial charge is 0.298 e. The third-order valence-electron chi connectivity index (χ3n) is 3.52. The van der Waals surface area contributed by atoms with Crippen LogP contribution in [-0.4, -0.2) is 33.4 Å². The van der Waals surface area contributed by atoms with E-state index in [1.165, 1.54) is 0 Å². The predicted molar refractivity (Wildman–Crippen MR) is 83.8 cm³/mol. The second kappa shape index (κ2) is 5.54. The molecule has 0 saturated carbocycles. The monoisotopic (exact) mass is 381 g/mol. The average Bonchev–Trinajstić information content (AvgIpc) is 2.49. The highest BCUT2D eigenvalue weighted by atomic mass is 32.2. The first-order valence-electron chi connectivity index (χ1n) is 6.74. The highest BCUT2D eigenvalue weighted by molar-refractivity contribution is 7.86. The van der Waals surface area contributed by atoms with Crippen LogP contribution in [0.2, 0.25) is 0 Å². The lowest BCUT2D eigenvalue weighted by Crippen LogP contribution is -2.12. The van der Waals surface area contributed by atoms with Gasteiger partial charge in [0, 0.05) is 18.2 Å². The lowest BCUT2D eigenvalue weighted by atomic mass is 10.1. The molecule has 136 valence electrons. The van der Waals surface area contributed by atoms with Crippen molar-refractivity contribution < 1.29 is 42.9 Å². The molecule has 1 heterocycles. The van der Waals surface area contributed by atoms with Crippen LogP contribution < -0.4 is 10.5 Å². The first kappa shape index (κ1) is 17.4. The molecular weight excluding hydrogens is 372 g/mol. The quantitative estimate of drug-likeness (QED) is 0.393. The zero-order chi connectivity index (χ0) is 19.4. The molecule has 0 amide bonds. The van der Waals surface area contributed by atoms with Crippen LogP contribution in [0.4, 0.5) is 0 Å². The van der Waals surface area contributed by atoms with Gasteiger partial charge in [0.2, 0.25) is 0 Å². The standard InChI is InChI=1S/C15H10O10S/c16-5-1-9(19)12-10(2-5)25-15(14(21)13(12)20)6-3-11(26(22,23)24)8(18)4-7(6)17/h1-4,16-19,21H,(H,22,23,24)/p-1. The molecule has 11 heteroatoms. The number of fused-ring (bicyclic) bond motifs is 1. The molecule has 1 aromatic heterocycles. The molecule has 0 saturated heterocycles. The SMILES string of the molecule is O=c1c([O-])c(-c2cc(S(=O)(=O)O)c(O)cc2O)oc2cc(O)cc(O)c12. The van der Waals surface area contributed by atoms with Crippen LogP contribution >= 0.6 is 0 Å². The molecule has 3 rings (SSSR count). The Morgan fingerprint density at radius 1 is 0.923 bits per heavy atom. The first-order valence-corrected chi connectivity index (χ1v) is 8.18. The van der Waals surface area contributed by atoms with Gasteiger partial charge in [-0.1, -0.05) is 0 Å². The minimum Gasteiger partial charge on any atom is -0.867 e. The molecule has 0 atom stereocenters. The van der Waals surface area contributed by atoms with E-state index in [0.29, 0.717) is 12.1 Å². The molecule has 0 aliphatic rings. The highest BCUT2D eigenvalue weighted by Gasteiger charge is 2.22. The van der Waals surface area contributed by atoms with E-state index < -0.39 is 71.5 Å². The van der Waals surface area contributed by atoms with Gasteiger partial charge in [0.1, 0.15) is 44.6 Å². The zero-order valence-electron chi connectivity index (χ0n) is 12.5. The molecular formula is C15H9O10S-. The number of rotatable bonds is 2. The normalized spacial score (nSPS) is 11.7. The summed E-state index contributed by atoms with van der Waals surface area (Å²) < 4.78 is 36.8. The van der Waals surface area contributed by atoms with Gasteiger partial charge in [-0.05, 0) is 11.8 Å². The summed E-state index contributed by atoms with van der Waals surface area (Å²) in [5.74, 6) is -5.18. The molecule has 0 aliphatic carbocycles. The number of phenolic OH excluding ortho intramolecular Hbond substituents is 4. The van der Waals surface area contributed by atoms with Gasteiger partial charge < -0.3 is 29.9 Å². The van der Waals surface area contributed by atoms with Crippen molar-refractivity contribution in [3.05, 3.63) is 34.5 Å². The molecule has 0 bridgehead atoms. The number of aromatic hydroxyl groups is 4. The van der Waals surface area contributed by atoms with Gasteiger partial charge in [-0.25, -0.2) is 0 Å². The van der Waals surface area contributed by atoms with Crippen molar-refractivity contribution in [3.63, 3.8) is 0 Å². The van der Waals surface area contributed by atoms with E-state index >= 15 is 0 Å². The number of phenols is 4. The summed E-state index contributed by atoms with van der Waals surface area (Å²) in [6, 6.07) is 2.80. The van der Waals surface area contributed by atoms with E-state index in [0.717, 1.165) is 12.1 Å². The fourth-order valence-corrected chi connectivity index (χ4v) is 2.98. The van der Waals surface area contributed by atoms with E-state index in [1.54, 1.807) is 0 Å². The summed E-state index contributed by atoms with van der Waals surface area (Å²) >= 11 is 0. The maximum atomic E-state index is 12.3. The second-order valence-corrected chi connectivity index (χ2v) is 6.63. The maximum absolute atomic E-state index is 12.3. The van der Waals surface area contributed by atoms with Gasteiger partial charge in [0.05, 0.1) is 5.56 Å². The van der Waals surface area contributed by atoms with Crippen molar-refractivity contribution >= 4 is 21.1 Å². The predicted octanol–water partition coefficient (Wildman–Crippen LogP) is 0.603. The summed E-state index contributed by atoms with van der Waals surface area (Å²) in [5, 5.41) is 50.3. The van der Waals surface area contributed by atoms with Crippen molar-refractivity contribution in [3.8, 4) is 40.1 Å². The van der Waals surface area contributed by atoms with Crippen LogP contribution in [0.1, 0.15) is 0 Å². The van der Waals surface area contributed by atoms with E-state index in [1.807, 2.05) is 0 Å². The Morgan fingerprint density at radius 3 is 2.19 bits per heavy atom. The van der Waals surface area contributed by atoms with Gasteiger partial charge in [-0.3, -0.25) is 9.35 Å². The number of hydrogen-bond acceptors (Lipinski definition) is 9. The Morgan fingerprint density at radius 2 is 1.58 bits per heavy atom. The van der Waals surface area contributed by atoms with Crippen molar-refractivity contribution in [2.24, 2.45) is 0 Å². The van der Waals surface area contributed by atoms with Gasteiger partial charge in [0.25, 0.3) is 10.1 Å². The molecule has 0 aliphatic heterocycles. The molecule has 0 spiro atoms. The lowest BCUT2D eigenvalue weighted by molar-refractivity contribution is -0.270. The lowest BCUT2D eigenvalue weighted by Gasteiger charge is -2.15. The van der Waals surface area contributed by atoms with Crippen molar-refractivity contribution in [2.45, 2.75) is 4.90 Å². The Kier molecular flexibility index (Phi) is 3.70. The third-order valence-corrected chi connectivity index (χ3v) is 4.40. The minimum absolute atomic E-state index is 0.414. The van der Waals surface area contributed by atoms with Crippen LogP contribution in [-0.2, 0) is 10.1 Å². The Balaban J connectivity index is 2.44. The summed E-state index contributed by atoms with van der Waals surface area (Å²) in [4.78, 5) is 11.2. The van der Waals surface area contributed by atoms with E-state index in [4.69, 9.17) is 8.97 Å². The molecule has 0 fully saturated rings. The van der Waals surface area contributed by atoms with Crippen LogP contribution in [0.15, 0.2) is 38.4 Å². The van der Waals surface area contributed by atoms with Crippen LogP contribution in [0.25, 0.3) is 22.3 Å². The second-order valence-electron chi connectivity index (χ2n) is 5.24. The van der Waals surface area contributed by atoms with Gasteiger partial charge in [-0.2, -0.15) is 8.42 Å². The maximum Gasteiger partial charge on any atom is 0.298 e. The minimum atomic E-state index is -4.92. The van der Waals surface area contributed by atoms with Gasteiger partial charge in [-0.15, -0.1) is 0 Å². The molecule has 26 heavy (non-hydrogen) atoms. The molecule has 2 aromatic carbocycles. The van der Waals surface area contributed by atoms with Crippen LogP contribution in [0.5, 0.6) is 28.7 Å². The van der Waals surface area contributed by atoms with Crippen molar-refractivity contribution in [1.29, 1.82) is 0 Å². The van der Waals surface area contributed by atoms with E-state index in [-0.39, 0.29) is 0 Å². The summed E-state index contributed by atoms with van der Waals surface area (Å²) in [6.07, 6.45) is 0. The Labute approximate surface area is 144 Å². The van der Waals surface area contributed by atoms with Crippen molar-refractivity contribution in [1.82, 2.24) is 0 Å². The Hall–Kier alpha value is -3.44. The van der Waals surface area contributed by atoms with Crippen LogP contribution in [0.3, 0.4) is 0 Å². The Bertz CT molecular complexity index is 1220. The van der Waals surface area contributed by atoms with Gasteiger partial charge in [0.15, 0.2) is 5.43 Å². The molecule has 5 N–H and O–H groups in total. The van der Waals surface area contributed by atoms with Gasteiger partial charge >= 0.3 is 0 Å². The van der Waals surface area contributed by atoms with Crippen molar-refractivity contribution in [2.75, 3.05) is 0 Å². The summed E-state index contributed by atoms with van der Waals surface area (Å²) in [5.41, 5.74) is -2.26. The average molecular weight is 381 g/mol. The van der Waals surface area contributed by atoms with E-state index in [2.05, 4.69) is 0 Å². The first-order chi connectivity index (χ1) is 12.0. The molecule has 3 aromatic rings. The summed E-state index contributed by atoms with van der Waals surface area (Å²) in [6.45, 7) is 0. The zero-order valence-corrected chi connectivity index (χ0v) is 13.3. The fraction of sp³-hybridized carbons (Fsp3) is 0. The van der Waals surface area contributed by atoms with Crippen LogP contribution in [0, 0.1) is 0 Å². The topological polar surface area (TPSA) is 189 Å². The highest BCUT2D eigenvalue weighted by Crippen LogP contribution is 2.41. The molecule has 10 nitrogen and oxygen atoms in total. The molecule has 0 radical (unpaired) electrons.